The van der Waals surface area contributed by atoms with Crippen LogP contribution < -0.4 is 0 Å². The van der Waals surface area contributed by atoms with Gasteiger partial charge in [-0.1, -0.05) is 41.9 Å². The van der Waals surface area contributed by atoms with Gasteiger partial charge in [0.25, 0.3) is 0 Å². The fourth-order valence-corrected chi connectivity index (χ4v) is 2.44. The predicted molar refractivity (Wildman–Crippen MR) is 89.1 cm³/mol. The lowest BCUT2D eigenvalue weighted by molar-refractivity contribution is 0.529. The molecule has 22 heavy (non-hydrogen) atoms. The molecule has 0 radical (unpaired) electrons. The van der Waals surface area contributed by atoms with Crippen LogP contribution in [0.3, 0.4) is 0 Å². The maximum atomic E-state index is 10.8. The molecule has 5 nitrogen and oxygen atoms in total. The first kappa shape index (κ1) is 14.4. The van der Waals surface area contributed by atoms with Crippen LogP contribution >= 0.6 is 11.6 Å². The van der Waals surface area contributed by atoms with E-state index in [-0.39, 0.29) is 6.54 Å². The molecule has 1 aliphatic rings. The Morgan fingerprint density at radius 2 is 1.95 bits per heavy atom. The highest BCUT2D eigenvalue weighted by Crippen LogP contribution is 2.28. The van der Waals surface area contributed by atoms with Gasteiger partial charge >= 0.3 is 0 Å². The number of hydrogen-bond donors (Lipinski definition) is 0. The standard InChI is InChI=1S/C16H13ClN4O/c1-21(20-22)15-10-18-16(11-5-3-2-4-6-11)13-9-12(17)7-8-14(13)19-15/h2-9H,10H2,1H3. The van der Waals surface area contributed by atoms with Crippen LogP contribution in [0.2, 0.25) is 5.02 Å². The predicted octanol–water partition coefficient (Wildman–Crippen LogP) is 3.83. The summed E-state index contributed by atoms with van der Waals surface area (Å²) in [5.74, 6) is 0.490. The number of nitrogens with zero attached hydrogens (tertiary/aromatic N) is 4. The molecule has 0 N–H and O–H groups in total. The summed E-state index contributed by atoms with van der Waals surface area (Å²) in [6.07, 6.45) is 0. The normalized spacial score (nSPS) is 13.5. The van der Waals surface area contributed by atoms with Crippen LogP contribution in [0.15, 0.2) is 63.8 Å². The molecule has 2 aromatic carbocycles. The lowest BCUT2D eigenvalue weighted by atomic mass is 10.0. The van der Waals surface area contributed by atoms with Gasteiger partial charge in [-0.25, -0.2) is 10.0 Å². The minimum Gasteiger partial charge on any atom is -0.276 e. The molecule has 0 spiro atoms. The second kappa shape index (κ2) is 6.07. The zero-order valence-corrected chi connectivity index (χ0v) is 12.7. The Bertz CT molecular complexity index is 771. The van der Waals surface area contributed by atoms with Gasteiger partial charge in [-0.3, -0.25) is 4.99 Å². The van der Waals surface area contributed by atoms with Gasteiger partial charge < -0.3 is 0 Å². The Balaban J connectivity index is 2.17. The molecule has 0 saturated carbocycles. The first-order valence-electron chi connectivity index (χ1n) is 6.73. The van der Waals surface area contributed by atoms with Gasteiger partial charge in [-0.15, -0.1) is 4.91 Å². The largest absolute Gasteiger partial charge is 0.276 e. The Morgan fingerprint density at radius 1 is 1.18 bits per heavy atom. The maximum absolute atomic E-state index is 10.8. The molecule has 0 atom stereocenters. The van der Waals surface area contributed by atoms with Gasteiger partial charge in [0.05, 0.1) is 23.2 Å². The minimum atomic E-state index is 0.277. The number of benzene rings is 2. The highest BCUT2D eigenvalue weighted by Gasteiger charge is 2.18. The van der Waals surface area contributed by atoms with E-state index >= 15 is 0 Å². The molecule has 0 amide bonds. The van der Waals surface area contributed by atoms with E-state index < -0.39 is 0 Å². The second-order valence-electron chi connectivity index (χ2n) is 4.83. The van der Waals surface area contributed by atoms with E-state index in [1.165, 1.54) is 5.01 Å². The van der Waals surface area contributed by atoms with Crippen molar-refractivity contribution in [2.75, 3.05) is 13.6 Å². The molecule has 2 aromatic rings. The van der Waals surface area contributed by atoms with Crippen molar-refractivity contribution in [1.82, 2.24) is 5.01 Å². The summed E-state index contributed by atoms with van der Waals surface area (Å²) in [6, 6.07) is 15.2. The zero-order chi connectivity index (χ0) is 15.5. The van der Waals surface area contributed by atoms with Crippen LogP contribution in [-0.4, -0.2) is 30.1 Å². The van der Waals surface area contributed by atoms with Gasteiger partial charge in [0, 0.05) is 23.2 Å². The highest BCUT2D eigenvalue weighted by atomic mass is 35.5. The molecule has 0 aromatic heterocycles. The third-order valence-corrected chi connectivity index (χ3v) is 3.62. The van der Waals surface area contributed by atoms with E-state index in [1.54, 1.807) is 13.1 Å². The topological polar surface area (TPSA) is 57.4 Å². The molecule has 1 heterocycles. The van der Waals surface area contributed by atoms with Crippen LogP contribution in [0, 0.1) is 4.91 Å². The maximum Gasteiger partial charge on any atom is 0.150 e. The SMILES string of the molecule is CN(N=O)C1=Nc2ccc(Cl)cc2C(c2ccccc2)=NC1. The van der Waals surface area contributed by atoms with E-state index in [2.05, 4.69) is 15.3 Å². The van der Waals surface area contributed by atoms with E-state index in [1.807, 2.05) is 42.5 Å². The van der Waals surface area contributed by atoms with Crippen molar-refractivity contribution in [2.45, 2.75) is 0 Å². The molecule has 0 fully saturated rings. The molecule has 0 aliphatic carbocycles. The molecular formula is C16H13ClN4O. The van der Waals surface area contributed by atoms with Crippen molar-refractivity contribution < 1.29 is 0 Å². The smallest absolute Gasteiger partial charge is 0.150 e. The lowest BCUT2D eigenvalue weighted by Crippen LogP contribution is -2.23. The van der Waals surface area contributed by atoms with E-state index in [9.17, 15) is 4.91 Å². The number of fused-ring (bicyclic) bond motifs is 1. The Kier molecular flexibility index (Phi) is 3.98. The molecule has 0 unspecified atom stereocenters. The van der Waals surface area contributed by atoms with Crippen molar-refractivity contribution in [3.8, 4) is 0 Å². The number of halogens is 1. The van der Waals surface area contributed by atoms with Crippen LogP contribution in [0.25, 0.3) is 0 Å². The third kappa shape index (κ3) is 2.76. The van der Waals surface area contributed by atoms with Crippen molar-refractivity contribution in [3.63, 3.8) is 0 Å². The summed E-state index contributed by atoms with van der Waals surface area (Å²) in [7, 11) is 1.56. The highest BCUT2D eigenvalue weighted by molar-refractivity contribution is 6.31. The van der Waals surface area contributed by atoms with Crippen molar-refractivity contribution >= 4 is 28.8 Å². The van der Waals surface area contributed by atoms with Gasteiger partial charge in [0.2, 0.25) is 0 Å². The average Bonchev–Trinajstić information content (AvgIpc) is 2.74. The Hall–Kier alpha value is -2.53. The summed E-state index contributed by atoms with van der Waals surface area (Å²) in [5, 5.41) is 4.70. The van der Waals surface area contributed by atoms with Gasteiger partial charge in [0.1, 0.15) is 5.84 Å². The van der Waals surface area contributed by atoms with Crippen LogP contribution in [0.1, 0.15) is 11.1 Å². The molecule has 0 bridgehead atoms. The number of likely N-dealkylation sites (N-methyl/N-ethyl adjacent to an activating group) is 1. The van der Waals surface area contributed by atoms with Gasteiger partial charge in [0.15, 0.2) is 0 Å². The molecule has 1 aliphatic heterocycles. The zero-order valence-electron chi connectivity index (χ0n) is 11.9. The third-order valence-electron chi connectivity index (χ3n) is 3.39. The van der Waals surface area contributed by atoms with Crippen molar-refractivity contribution in [2.24, 2.45) is 15.3 Å². The van der Waals surface area contributed by atoms with Crippen LogP contribution in [0.5, 0.6) is 0 Å². The fourth-order valence-electron chi connectivity index (χ4n) is 2.27. The van der Waals surface area contributed by atoms with Gasteiger partial charge in [-0.2, -0.15) is 0 Å². The average molecular weight is 313 g/mol. The van der Waals surface area contributed by atoms with Crippen molar-refractivity contribution in [1.29, 1.82) is 0 Å². The summed E-state index contributed by atoms with van der Waals surface area (Å²) >= 11 is 6.13. The monoisotopic (exact) mass is 312 g/mol. The second-order valence-corrected chi connectivity index (χ2v) is 5.26. The summed E-state index contributed by atoms with van der Waals surface area (Å²) in [6.45, 7) is 0.277. The van der Waals surface area contributed by atoms with E-state index in [4.69, 9.17) is 11.6 Å². The quantitative estimate of drug-likeness (QED) is 0.625. The minimum absolute atomic E-state index is 0.277. The summed E-state index contributed by atoms with van der Waals surface area (Å²) in [4.78, 5) is 19.9. The molecule has 0 saturated heterocycles. The van der Waals surface area contributed by atoms with Crippen molar-refractivity contribution in [3.05, 3.63) is 69.6 Å². The molecule has 6 heteroatoms. The number of hydrogen-bond acceptors (Lipinski definition) is 4. The number of nitroso groups, excluding NO2 is 1. The summed E-state index contributed by atoms with van der Waals surface area (Å²) in [5.41, 5.74) is 3.34. The number of aliphatic imine (C=N–C) groups is 2. The Morgan fingerprint density at radius 3 is 2.68 bits per heavy atom. The number of rotatable bonds is 2. The fraction of sp³-hybridized carbons (Fsp3) is 0.125. The molecule has 3 rings (SSSR count). The summed E-state index contributed by atoms with van der Waals surface area (Å²) < 4.78 is 0. The van der Waals surface area contributed by atoms with E-state index in [0.29, 0.717) is 10.9 Å². The molecular weight excluding hydrogens is 300 g/mol. The van der Waals surface area contributed by atoms with E-state index in [0.717, 1.165) is 22.5 Å². The van der Waals surface area contributed by atoms with Crippen LogP contribution in [-0.2, 0) is 0 Å². The number of amidine groups is 1. The van der Waals surface area contributed by atoms with Crippen LogP contribution in [0.4, 0.5) is 5.69 Å². The first-order chi connectivity index (χ1) is 10.7. The Labute approximate surface area is 132 Å². The van der Waals surface area contributed by atoms with Gasteiger partial charge in [-0.05, 0) is 18.2 Å². The molecule has 110 valence electrons. The first-order valence-corrected chi connectivity index (χ1v) is 7.11. The lowest BCUT2D eigenvalue weighted by Gasteiger charge is -2.09.